The average molecular weight is 176 g/mol. The molecule has 0 amide bonds. The Balaban J connectivity index is 3.64. The van der Waals surface area contributed by atoms with Crippen LogP contribution in [0.4, 0.5) is 0 Å². The topological polar surface area (TPSA) is 49.7 Å². The first-order chi connectivity index (χ1) is 5.59. The number of hydrogen-bond acceptors (Lipinski definition) is 3. The highest BCUT2D eigenvalue weighted by atomic mass is 16.5. The predicted octanol–water partition coefficient (Wildman–Crippen LogP) is 0.933. The highest BCUT2D eigenvalue weighted by Crippen LogP contribution is 2.05. The monoisotopic (exact) mass is 176 g/mol. The fourth-order valence-electron chi connectivity index (χ4n) is 1.05. The third-order valence-electron chi connectivity index (χ3n) is 1.76. The molecule has 0 aliphatic heterocycles. The second kappa shape index (κ2) is 6.40. The smallest absolute Gasteiger partial charge is 0.109 e. The molecule has 74 valence electrons. The van der Waals surface area contributed by atoms with E-state index in [1.807, 2.05) is 0 Å². The summed E-state index contributed by atoms with van der Waals surface area (Å²) in [6.45, 7) is 5.94. The van der Waals surface area contributed by atoms with Crippen molar-refractivity contribution in [2.75, 3.05) is 6.61 Å². The summed E-state index contributed by atoms with van der Waals surface area (Å²) in [7, 11) is 0. The second-order valence-electron chi connectivity index (χ2n) is 3.17. The molecule has 12 heavy (non-hydrogen) atoms. The van der Waals surface area contributed by atoms with Gasteiger partial charge < -0.3 is 14.9 Å². The summed E-state index contributed by atoms with van der Waals surface area (Å²) in [5.41, 5.74) is 0. The van der Waals surface area contributed by atoms with Crippen LogP contribution in [0.5, 0.6) is 0 Å². The van der Waals surface area contributed by atoms with E-state index in [0.717, 1.165) is 12.8 Å². The lowest BCUT2D eigenvalue weighted by molar-refractivity contribution is -0.0884. The van der Waals surface area contributed by atoms with Crippen LogP contribution < -0.4 is 0 Å². The molecule has 0 aliphatic carbocycles. The van der Waals surface area contributed by atoms with Crippen molar-refractivity contribution in [3.63, 3.8) is 0 Å². The van der Waals surface area contributed by atoms with Gasteiger partial charge in [0.25, 0.3) is 0 Å². The molecule has 0 bridgehead atoms. The first-order valence-electron chi connectivity index (χ1n) is 4.57. The fraction of sp³-hybridized carbons (Fsp3) is 1.00. The lowest BCUT2D eigenvalue weighted by Crippen LogP contribution is -2.36. The molecule has 3 nitrogen and oxygen atoms in total. The Kier molecular flexibility index (Phi) is 6.34. The summed E-state index contributed by atoms with van der Waals surface area (Å²) in [6.07, 6.45) is 0.364. The SMILES string of the molecule is CCCCOC([C@@H](C)O)[C@@H](C)O. The lowest BCUT2D eigenvalue weighted by atomic mass is 10.1. The van der Waals surface area contributed by atoms with Crippen LogP contribution >= 0.6 is 0 Å². The zero-order chi connectivity index (χ0) is 9.56. The Morgan fingerprint density at radius 2 is 1.67 bits per heavy atom. The molecule has 0 rings (SSSR count). The van der Waals surface area contributed by atoms with Gasteiger partial charge in [0.2, 0.25) is 0 Å². The number of hydrogen-bond donors (Lipinski definition) is 2. The molecule has 0 saturated carbocycles. The highest BCUT2D eigenvalue weighted by Gasteiger charge is 2.20. The van der Waals surface area contributed by atoms with Crippen molar-refractivity contribution in [1.82, 2.24) is 0 Å². The quantitative estimate of drug-likeness (QED) is 0.592. The van der Waals surface area contributed by atoms with E-state index >= 15 is 0 Å². The molecule has 0 aliphatic rings. The van der Waals surface area contributed by atoms with Crippen LogP contribution in [0, 0.1) is 0 Å². The van der Waals surface area contributed by atoms with Crippen LogP contribution in [-0.2, 0) is 4.74 Å². The van der Waals surface area contributed by atoms with E-state index in [1.54, 1.807) is 13.8 Å². The van der Waals surface area contributed by atoms with Gasteiger partial charge in [-0.1, -0.05) is 13.3 Å². The molecular formula is C9H20O3. The maximum absolute atomic E-state index is 9.20. The maximum atomic E-state index is 9.20. The first kappa shape index (κ1) is 11.9. The Labute approximate surface area is 74.4 Å². The number of unbranched alkanes of at least 4 members (excludes halogenated alkanes) is 1. The van der Waals surface area contributed by atoms with E-state index in [-0.39, 0.29) is 0 Å². The molecule has 0 heterocycles. The molecule has 0 fully saturated rings. The summed E-state index contributed by atoms with van der Waals surface area (Å²) in [6, 6.07) is 0. The van der Waals surface area contributed by atoms with Crippen molar-refractivity contribution < 1.29 is 14.9 Å². The molecule has 3 heteroatoms. The van der Waals surface area contributed by atoms with E-state index in [9.17, 15) is 10.2 Å². The summed E-state index contributed by atoms with van der Waals surface area (Å²) in [5, 5.41) is 18.4. The highest BCUT2D eigenvalue weighted by molar-refractivity contribution is 4.70. The molecule has 0 radical (unpaired) electrons. The van der Waals surface area contributed by atoms with Crippen molar-refractivity contribution in [2.24, 2.45) is 0 Å². The van der Waals surface area contributed by atoms with E-state index in [4.69, 9.17) is 4.74 Å². The summed E-state index contributed by atoms with van der Waals surface area (Å²) >= 11 is 0. The van der Waals surface area contributed by atoms with Gasteiger partial charge in [-0.15, -0.1) is 0 Å². The number of aliphatic hydroxyl groups excluding tert-OH is 2. The predicted molar refractivity (Wildman–Crippen MR) is 48.0 cm³/mol. The third kappa shape index (κ3) is 4.70. The van der Waals surface area contributed by atoms with E-state index in [1.165, 1.54) is 0 Å². The zero-order valence-electron chi connectivity index (χ0n) is 8.16. The first-order valence-corrected chi connectivity index (χ1v) is 4.57. The largest absolute Gasteiger partial charge is 0.391 e. The van der Waals surface area contributed by atoms with Crippen LogP contribution in [0.1, 0.15) is 33.6 Å². The molecule has 2 N–H and O–H groups in total. The van der Waals surface area contributed by atoms with Crippen molar-refractivity contribution in [2.45, 2.75) is 51.9 Å². The number of rotatable bonds is 6. The minimum atomic E-state index is -0.609. The minimum Gasteiger partial charge on any atom is -0.391 e. The Morgan fingerprint density at radius 3 is 2.00 bits per heavy atom. The molecule has 0 unspecified atom stereocenters. The average Bonchev–Trinajstić information content (AvgIpc) is 1.96. The van der Waals surface area contributed by atoms with Crippen LogP contribution in [0.25, 0.3) is 0 Å². The van der Waals surface area contributed by atoms with Crippen molar-refractivity contribution in [3.8, 4) is 0 Å². The Morgan fingerprint density at radius 1 is 1.17 bits per heavy atom. The van der Waals surface area contributed by atoms with Gasteiger partial charge in [0.1, 0.15) is 6.10 Å². The van der Waals surface area contributed by atoms with Gasteiger partial charge in [0.05, 0.1) is 12.2 Å². The Bertz CT molecular complexity index is 93.9. The molecule has 0 aromatic heterocycles. The van der Waals surface area contributed by atoms with Gasteiger partial charge >= 0.3 is 0 Å². The van der Waals surface area contributed by atoms with E-state index in [0.29, 0.717) is 6.61 Å². The van der Waals surface area contributed by atoms with E-state index < -0.39 is 18.3 Å². The second-order valence-corrected chi connectivity index (χ2v) is 3.17. The van der Waals surface area contributed by atoms with Gasteiger partial charge in [-0.25, -0.2) is 0 Å². The number of aliphatic hydroxyl groups is 2. The Hall–Kier alpha value is -0.120. The van der Waals surface area contributed by atoms with Crippen LogP contribution in [0.3, 0.4) is 0 Å². The maximum Gasteiger partial charge on any atom is 0.109 e. The molecule has 0 aromatic carbocycles. The van der Waals surface area contributed by atoms with Crippen molar-refractivity contribution in [1.29, 1.82) is 0 Å². The molecule has 0 aromatic rings. The minimum absolute atomic E-state index is 0.448. The normalized spacial score (nSPS) is 16.5. The van der Waals surface area contributed by atoms with Gasteiger partial charge in [0.15, 0.2) is 0 Å². The van der Waals surface area contributed by atoms with Gasteiger partial charge in [-0.2, -0.15) is 0 Å². The molecule has 2 atom stereocenters. The van der Waals surface area contributed by atoms with Crippen molar-refractivity contribution in [3.05, 3.63) is 0 Å². The van der Waals surface area contributed by atoms with Gasteiger partial charge in [-0.3, -0.25) is 0 Å². The van der Waals surface area contributed by atoms with E-state index in [2.05, 4.69) is 6.92 Å². The molecule has 0 spiro atoms. The fourth-order valence-corrected chi connectivity index (χ4v) is 1.05. The molecular weight excluding hydrogens is 156 g/mol. The summed E-state index contributed by atoms with van der Waals surface area (Å²) in [4.78, 5) is 0. The van der Waals surface area contributed by atoms with Crippen molar-refractivity contribution >= 4 is 0 Å². The zero-order valence-corrected chi connectivity index (χ0v) is 8.16. The van der Waals surface area contributed by atoms with Gasteiger partial charge in [0, 0.05) is 6.61 Å². The summed E-state index contributed by atoms with van der Waals surface area (Å²) in [5.74, 6) is 0. The van der Waals surface area contributed by atoms with Crippen LogP contribution in [-0.4, -0.2) is 35.1 Å². The van der Waals surface area contributed by atoms with Crippen LogP contribution in [0.2, 0.25) is 0 Å². The number of ether oxygens (including phenoxy) is 1. The standard InChI is InChI=1S/C9H20O3/c1-4-5-6-12-9(7(2)10)8(3)11/h7-11H,4-6H2,1-3H3/t7-,8-/m1/s1. The third-order valence-corrected chi connectivity index (χ3v) is 1.76. The summed E-state index contributed by atoms with van der Waals surface area (Å²) < 4.78 is 5.31. The molecule has 0 saturated heterocycles. The van der Waals surface area contributed by atoms with Gasteiger partial charge in [-0.05, 0) is 20.3 Å². The lowest BCUT2D eigenvalue weighted by Gasteiger charge is -2.22. The van der Waals surface area contributed by atoms with Crippen LogP contribution in [0.15, 0.2) is 0 Å².